The Bertz CT molecular complexity index is 1060. The van der Waals surface area contributed by atoms with Gasteiger partial charge in [-0.25, -0.2) is 4.79 Å². The van der Waals surface area contributed by atoms with Gasteiger partial charge >= 0.3 is 5.69 Å². The summed E-state index contributed by atoms with van der Waals surface area (Å²) in [5.74, 6) is 0.779. The summed E-state index contributed by atoms with van der Waals surface area (Å²) in [6.45, 7) is 2.40. The molecule has 0 bridgehead atoms. The van der Waals surface area contributed by atoms with Crippen LogP contribution in [0.4, 0.5) is 5.95 Å². The summed E-state index contributed by atoms with van der Waals surface area (Å²) in [4.78, 5) is 32.2. The van der Waals surface area contributed by atoms with E-state index < -0.39 is 0 Å². The van der Waals surface area contributed by atoms with Gasteiger partial charge in [-0.3, -0.25) is 18.5 Å². The summed E-state index contributed by atoms with van der Waals surface area (Å²) in [7, 11) is 3.19. The molecule has 0 radical (unpaired) electrons. The second-order valence-corrected chi connectivity index (χ2v) is 6.91. The molecular weight excluding hydrogens is 330 g/mol. The molecule has 1 fully saturated rings. The molecule has 136 valence electrons. The maximum absolute atomic E-state index is 12.9. The molecule has 2 aromatic heterocycles. The predicted molar refractivity (Wildman–Crippen MR) is 102 cm³/mol. The maximum Gasteiger partial charge on any atom is 0.332 e. The normalized spacial score (nSPS) is 14.9. The van der Waals surface area contributed by atoms with Gasteiger partial charge in [0.05, 0.1) is 6.54 Å². The highest BCUT2D eigenvalue weighted by molar-refractivity contribution is 5.74. The number of anilines is 1. The van der Waals surface area contributed by atoms with Gasteiger partial charge in [0.1, 0.15) is 0 Å². The van der Waals surface area contributed by atoms with Crippen LogP contribution in [-0.2, 0) is 20.6 Å². The summed E-state index contributed by atoms with van der Waals surface area (Å²) >= 11 is 0. The number of fused-ring (bicyclic) bond motifs is 1. The SMILES string of the molecule is Cn1c(=O)c2c(nc(N3CCCCC3)n2Cc2ccccc2)n(C)c1=O. The van der Waals surface area contributed by atoms with E-state index in [-0.39, 0.29) is 11.2 Å². The van der Waals surface area contributed by atoms with Crippen LogP contribution >= 0.6 is 0 Å². The molecule has 1 aromatic carbocycles. The van der Waals surface area contributed by atoms with Gasteiger partial charge < -0.3 is 4.90 Å². The number of imidazole rings is 1. The first-order valence-electron chi connectivity index (χ1n) is 9.03. The maximum atomic E-state index is 12.9. The Balaban J connectivity index is 1.98. The van der Waals surface area contributed by atoms with E-state index in [1.165, 1.54) is 18.0 Å². The van der Waals surface area contributed by atoms with Crippen LogP contribution in [0.25, 0.3) is 11.2 Å². The van der Waals surface area contributed by atoms with Crippen molar-refractivity contribution in [3.63, 3.8) is 0 Å². The van der Waals surface area contributed by atoms with Gasteiger partial charge in [-0.15, -0.1) is 0 Å². The number of aromatic nitrogens is 4. The van der Waals surface area contributed by atoms with Crippen LogP contribution in [0, 0.1) is 0 Å². The number of rotatable bonds is 3. The highest BCUT2D eigenvalue weighted by Crippen LogP contribution is 2.24. The predicted octanol–water partition coefficient (Wildman–Crippen LogP) is 1.47. The highest BCUT2D eigenvalue weighted by atomic mass is 16.2. The van der Waals surface area contributed by atoms with Crippen LogP contribution in [0.5, 0.6) is 0 Å². The van der Waals surface area contributed by atoms with Crippen molar-refractivity contribution in [2.45, 2.75) is 25.8 Å². The second-order valence-electron chi connectivity index (χ2n) is 6.91. The summed E-state index contributed by atoms with van der Waals surface area (Å²) in [5, 5.41) is 0. The van der Waals surface area contributed by atoms with E-state index in [1.807, 2.05) is 34.9 Å². The Morgan fingerprint density at radius 3 is 2.35 bits per heavy atom. The average molecular weight is 353 g/mol. The minimum Gasteiger partial charge on any atom is -0.342 e. The summed E-state index contributed by atoms with van der Waals surface area (Å²) in [6.07, 6.45) is 3.45. The number of nitrogens with zero attached hydrogens (tertiary/aromatic N) is 5. The quantitative estimate of drug-likeness (QED) is 0.715. The van der Waals surface area contributed by atoms with Crippen molar-refractivity contribution in [2.75, 3.05) is 18.0 Å². The van der Waals surface area contributed by atoms with Gasteiger partial charge in [0.15, 0.2) is 11.2 Å². The molecule has 0 atom stereocenters. The van der Waals surface area contributed by atoms with E-state index in [9.17, 15) is 9.59 Å². The Hall–Kier alpha value is -2.83. The molecule has 1 aliphatic heterocycles. The lowest BCUT2D eigenvalue weighted by Gasteiger charge is -2.28. The van der Waals surface area contributed by atoms with Gasteiger partial charge in [0.2, 0.25) is 5.95 Å². The fraction of sp³-hybridized carbons (Fsp3) is 0.421. The molecule has 0 unspecified atom stereocenters. The molecule has 3 aromatic rings. The fourth-order valence-corrected chi connectivity index (χ4v) is 3.69. The number of hydrogen-bond donors (Lipinski definition) is 0. The Morgan fingerprint density at radius 1 is 0.962 bits per heavy atom. The molecule has 7 heteroatoms. The first-order chi connectivity index (χ1) is 12.6. The van der Waals surface area contributed by atoms with Crippen molar-refractivity contribution in [1.82, 2.24) is 18.7 Å². The molecule has 1 aliphatic rings. The molecule has 26 heavy (non-hydrogen) atoms. The zero-order chi connectivity index (χ0) is 18.3. The van der Waals surface area contributed by atoms with E-state index in [0.717, 1.165) is 42.0 Å². The minimum absolute atomic E-state index is 0.296. The van der Waals surface area contributed by atoms with Gasteiger partial charge in [0.25, 0.3) is 5.56 Å². The zero-order valence-electron chi connectivity index (χ0n) is 15.2. The molecule has 0 amide bonds. The van der Waals surface area contributed by atoms with Crippen LogP contribution in [0.1, 0.15) is 24.8 Å². The second kappa shape index (κ2) is 6.48. The molecule has 0 spiro atoms. The third-order valence-electron chi connectivity index (χ3n) is 5.15. The van der Waals surface area contributed by atoms with E-state index >= 15 is 0 Å². The topological polar surface area (TPSA) is 65.1 Å². The lowest BCUT2D eigenvalue weighted by atomic mass is 10.1. The molecule has 0 aliphatic carbocycles. The van der Waals surface area contributed by atoms with Crippen molar-refractivity contribution >= 4 is 17.1 Å². The van der Waals surface area contributed by atoms with Crippen molar-refractivity contribution in [1.29, 1.82) is 0 Å². The van der Waals surface area contributed by atoms with Gasteiger partial charge in [-0.2, -0.15) is 4.98 Å². The number of hydrogen-bond acceptors (Lipinski definition) is 4. The molecule has 7 nitrogen and oxygen atoms in total. The summed E-state index contributed by atoms with van der Waals surface area (Å²) in [5.41, 5.74) is 1.39. The van der Waals surface area contributed by atoms with E-state index in [4.69, 9.17) is 4.98 Å². The third kappa shape index (κ3) is 2.64. The molecule has 0 saturated carbocycles. The van der Waals surface area contributed by atoms with Crippen molar-refractivity contribution in [2.24, 2.45) is 14.1 Å². The molecule has 3 heterocycles. The summed E-state index contributed by atoms with van der Waals surface area (Å²) < 4.78 is 4.59. The smallest absolute Gasteiger partial charge is 0.332 e. The fourth-order valence-electron chi connectivity index (χ4n) is 3.69. The molecule has 4 rings (SSSR count). The van der Waals surface area contributed by atoms with Crippen LogP contribution in [0.2, 0.25) is 0 Å². The van der Waals surface area contributed by atoms with Gasteiger partial charge in [0, 0.05) is 27.2 Å². The zero-order valence-corrected chi connectivity index (χ0v) is 15.2. The van der Waals surface area contributed by atoms with E-state index in [0.29, 0.717) is 17.7 Å². The molecule has 0 N–H and O–H groups in total. The van der Waals surface area contributed by atoms with Crippen LogP contribution in [-0.4, -0.2) is 31.8 Å². The van der Waals surface area contributed by atoms with Gasteiger partial charge in [-0.1, -0.05) is 30.3 Å². The monoisotopic (exact) mass is 353 g/mol. The first kappa shape index (κ1) is 16.6. The average Bonchev–Trinajstić information content (AvgIpc) is 3.05. The van der Waals surface area contributed by atoms with Crippen molar-refractivity contribution in [3.8, 4) is 0 Å². The molecule has 1 saturated heterocycles. The summed E-state index contributed by atoms with van der Waals surface area (Å²) in [6, 6.07) is 10.0. The Labute approximate surface area is 151 Å². The number of aryl methyl sites for hydroxylation is 1. The van der Waals surface area contributed by atoms with E-state index in [1.54, 1.807) is 7.05 Å². The van der Waals surface area contributed by atoms with Crippen LogP contribution < -0.4 is 16.1 Å². The standard InChI is InChI=1S/C19H23N5O2/c1-21-16-15(17(25)22(2)19(21)26)24(13-14-9-5-3-6-10-14)18(20-16)23-11-7-4-8-12-23/h3,5-6,9-10H,4,7-8,11-13H2,1-2H3. The van der Waals surface area contributed by atoms with Crippen molar-refractivity contribution < 1.29 is 0 Å². The van der Waals surface area contributed by atoms with Crippen molar-refractivity contribution in [3.05, 3.63) is 56.7 Å². The minimum atomic E-state index is -0.350. The van der Waals surface area contributed by atoms with Crippen LogP contribution in [0.15, 0.2) is 39.9 Å². The first-order valence-corrected chi connectivity index (χ1v) is 9.03. The number of piperidine rings is 1. The van der Waals surface area contributed by atoms with E-state index in [2.05, 4.69) is 4.90 Å². The Morgan fingerprint density at radius 2 is 1.65 bits per heavy atom. The highest BCUT2D eigenvalue weighted by Gasteiger charge is 2.23. The lowest BCUT2D eigenvalue weighted by Crippen LogP contribution is -2.37. The van der Waals surface area contributed by atoms with Crippen LogP contribution in [0.3, 0.4) is 0 Å². The lowest BCUT2D eigenvalue weighted by molar-refractivity contribution is 0.560. The number of benzene rings is 1. The largest absolute Gasteiger partial charge is 0.342 e. The third-order valence-corrected chi connectivity index (χ3v) is 5.15. The van der Waals surface area contributed by atoms with Gasteiger partial charge in [-0.05, 0) is 24.8 Å². The molecular formula is C19H23N5O2. The Kier molecular flexibility index (Phi) is 4.14.